The molecule has 1 atom stereocenters. The monoisotopic (exact) mass is 471 g/mol. The predicted octanol–water partition coefficient (Wildman–Crippen LogP) is 3.57. The number of methoxy groups -OCH3 is 2. The number of aromatic carboxylic acids is 1. The van der Waals surface area contributed by atoms with E-state index in [-0.39, 0.29) is 17.1 Å². The molecule has 0 bridgehead atoms. The topological polar surface area (TPSA) is 119 Å². The number of amides is 2. The Kier molecular flexibility index (Phi) is 7.39. The summed E-state index contributed by atoms with van der Waals surface area (Å²) in [5.74, 6) is -1.48. The van der Waals surface area contributed by atoms with E-state index in [0.29, 0.717) is 22.6 Å². The number of carboxylic acid groups (broad SMARTS) is 1. The molecule has 1 saturated heterocycles. The van der Waals surface area contributed by atoms with Crippen molar-refractivity contribution in [1.82, 2.24) is 4.90 Å². The first-order chi connectivity index (χ1) is 15.7. The summed E-state index contributed by atoms with van der Waals surface area (Å²) in [7, 11) is 2.65. The molecule has 2 aromatic carbocycles. The fraction of sp³-hybridized carbons (Fsp3) is 0.217. The van der Waals surface area contributed by atoms with E-state index in [1.165, 1.54) is 39.4 Å². The summed E-state index contributed by atoms with van der Waals surface area (Å²) in [6.07, 6.45) is 1.53. The second kappa shape index (κ2) is 10.2. The largest absolute Gasteiger partial charge is 0.493 e. The van der Waals surface area contributed by atoms with Crippen molar-refractivity contribution in [2.45, 2.75) is 19.6 Å². The molecule has 1 aliphatic heterocycles. The third-order valence-corrected chi connectivity index (χ3v) is 5.69. The van der Waals surface area contributed by atoms with E-state index in [9.17, 15) is 19.2 Å². The fourth-order valence-corrected chi connectivity index (χ4v) is 4.00. The first-order valence-electron chi connectivity index (χ1n) is 9.73. The highest BCUT2D eigenvalue weighted by Gasteiger charge is 2.41. The van der Waals surface area contributed by atoms with Crippen LogP contribution in [0.3, 0.4) is 0 Å². The van der Waals surface area contributed by atoms with Crippen molar-refractivity contribution in [1.29, 1.82) is 0 Å². The molecule has 0 aromatic heterocycles. The van der Waals surface area contributed by atoms with Crippen LogP contribution in [0, 0.1) is 0 Å². The number of benzene rings is 2. The molecule has 0 aliphatic carbocycles. The Labute approximate surface area is 193 Å². The molecule has 0 unspecified atom stereocenters. The van der Waals surface area contributed by atoms with Gasteiger partial charge in [0.05, 0.1) is 24.7 Å². The second-order valence-electron chi connectivity index (χ2n) is 6.96. The van der Waals surface area contributed by atoms with E-state index >= 15 is 0 Å². The molecular formula is C23H21NO8S. The van der Waals surface area contributed by atoms with Gasteiger partial charge in [-0.05, 0) is 60.2 Å². The number of imide groups is 1. The van der Waals surface area contributed by atoms with Gasteiger partial charge in [0.2, 0.25) is 0 Å². The molecule has 1 fully saturated rings. The number of nitrogens with zero attached hydrogens (tertiary/aromatic N) is 1. The van der Waals surface area contributed by atoms with Gasteiger partial charge in [-0.3, -0.25) is 14.5 Å². The van der Waals surface area contributed by atoms with Crippen LogP contribution in [0.25, 0.3) is 6.08 Å². The van der Waals surface area contributed by atoms with E-state index < -0.39 is 29.1 Å². The van der Waals surface area contributed by atoms with Crippen LogP contribution in [0.15, 0.2) is 47.4 Å². The molecule has 33 heavy (non-hydrogen) atoms. The summed E-state index contributed by atoms with van der Waals surface area (Å²) in [5.41, 5.74) is 1.42. The molecule has 172 valence electrons. The van der Waals surface area contributed by atoms with Gasteiger partial charge in [-0.15, -0.1) is 0 Å². The van der Waals surface area contributed by atoms with Crippen molar-refractivity contribution in [3.8, 4) is 11.5 Å². The zero-order valence-electron chi connectivity index (χ0n) is 18.1. The average Bonchev–Trinajstić information content (AvgIpc) is 3.09. The van der Waals surface area contributed by atoms with Crippen molar-refractivity contribution in [2.24, 2.45) is 0 Å². The maximum absolute atomic E-state index is 12.6. The van der Waals surface area contributed by atoms with Crippen molar-refractivity contribution in [3.63, 3.8) is 0 Å². The molecule has 1 N–H and O–H groups in total. The Morgan fingerprint density at radius 3 is 2.55 bits per heavy atom. The molecule has 9 nitrogen and oxygen atoms in total. The quantitative estimate of drug-likeness (QED) is 0.455. The summed E-state index contributed by atoms with van der Waals surface area (Å²) in [6, 6.07) is 10.3. The summed E-state index contributed by atoms with van der Waals surface area (Å²) in [5, 5.41) is 8.55. The van der Waals surface area contributed by atoms with Crippen molar-refractivity contribution in [3.05, 3.63) is 64.1 Å². The van der Waals surface area contributed by atoms with Crippen LogP contribution in [0.5, 0.6) is 11.5 Å². The van der Waals surface area contributed by atoms with Crippen LogP contribution in [-0.2, 0) is 20.9 Å². The van der Waals surface area contributed by atoms with Crippen LogP contribution in [0.2, 0.25) is 0 Å². The minimum absolute atomic E-state index is 0.126. The summed E-state index contributed by atoms with van der Waals surface area (Å²) >= 11 is 0.732. The Bertz CT molecular complexity index is 1140. The van der Waals surface area contributed by atoms with Crippen molar-refractivity contribution >= 4 is 40.9 Å². The summed E-state index contributed by atoms with van der Waals surface area (Å²) in [6.45, 7) is 1.55. The van der Waals surface area contributed by atoms with Crippen LogP contribution in [0.1, 0.15) is 28.4 Å². The molecule has 0 radical (unpaired) electrons. The highest BCUT2D eigenvalue weighted by atomic mass is 32.2. The average molecular weight is 471 g/mol. The Balaban J connectivity index is 1.77. The first kappa shape index (κ1) is 23.9. The van der Waals surface area contributed by atoms with E-state index in [0.717, 1.165) is 16.7 Å². The number of esters is 1. The molecule has 2 amide bonds. The van der Waals surface area contributed by atoms with Gasteiger partial charge in [0.25, 0.3) is 11.1 Å². The van der Waals surface area contributed by atoms with Crippen molar-refractivity contribution < 1.29 is 38.5 Å². The van der Waals surface area contributed by atoms with Crippen LogP contribution < -0.4 is 9.47 Å². The fourth-order valence-electron chi connectivity index (χ4n) is 3.09. The summed E-state index contributed by atoms with van der Waals surface area (Å²) < 4.78 is 15.8. The number of carbonyl (C=O) groups is 4. The zero-order chi connectivity index (χ0) is 24.1. The third kappa shape index (κ3) is 5.35. The SMILES string of the molecule is COC(=O)[C@@H](C)N1C(=O)S/C(=C/c2ccc(OCc3cccc(C(=O)O)c3)c(OC)c2)C1=O. The van der Waals surface area contributed by atoms with Gasteiger partial charge in [0.1, 0.15) is 12.6 Å². The maximum atomic E-state index is 12.6. The normalized spacial score (nSPS) is 15.5. The first-order valence-corrected chi connectivity index (χ1v) is 10.5. The standard InChI is InChI=1S/C23H21NO8S/c1-13(22(28)31-3)24-20(25)19(33-23(24)29)11-14-7-8-17(18(10-14)30-2)32-12-15-5-4-6-16(9-15)21(26)27/h4-11,13H,12H2,1-3H3,(H,26,27)/b19-11+/t13-/m1/s1. The Morgan fingerprint density at radius 2 is 1.88 bits per heavy atom. The molecule has 1 aliphatic rings. The molecule has 0 spiro atoms. The number of hydrogen-bond acceptors (Lipinski definition) is 8. The highest BCUT2D eigenvalue weighted by molar-refractivity contribution is 8.18. The lowest BCUT2D eigenvalue weighted by Gasteiger charge is -2.18. The number of thioether (sulfide) groups is 1. The molecule has 0 saturated carbocycles. The van der Waals surface area contributed by atoms with Gasteiger partial charge >= 0.3 is 11.9 Å². The number of hydrogen-bond donors (Lipinski definition) is 1. The van der Waals surface area contributed by atoms with Gasteiger partial charge in [0.15, 0.2) is 11.5 Å². The lowest BCUT2D eigenvalue weighted by atomic mass is 10.1. The molecule has 1 heterocycles. The Morgan fingerprint density at radius 1 is 1.12 bits per heavy atom. The van der Waals surface area contributed by atoms with Gasteiger partial charge in [-0.2, -0.15) is 0 Å². The van der Waals surface area contributed by atoms with Crippen LogP contribution in [-0.4, -0.2) is 53.4 Å². The van der Waals surface area contributed by atoms with Crippen LogP contribution >= 0.6 is 11.8 Å². The molecule has 3 rings (SSSR count). The number of carboxylic acids is 1. The van der Waals surface area contributed by atoms with E-state index in [1.54, 1.807) is 30.3 Å². The zero-order valence-corrected chi connectivity index (χ0v) is 18.9. The minimum Gasteiger partial charge on any atom is -0.493 e. The van der Waals surface area contributed by atoms with E-state index in [1.807, 2.05) is 0 Å². The third-order valence-electron chi connectivity index (χ3n) is 4.81. The number of carbonyl (C=O) groups excluding carboxylic acids is 3. The van der Waals surface area contributed by atoms with Crippen molar-refractivity contribution in [2.75, 3.05) is 14.2 Å². The lowest BCUT2D eigenvalue weighted by Crippen LogP contribution is -2.42. The minimum atomic E-state index is -1.03. The van der Waals surface area contributed by atoms with E-state index in [4.69, 9.17) is 14.6 Å². The predicted molar refractivity (Wildman–Crippen MR) is 120 cm³/mol. The van der Waals surface area contributed by atoms with Gasteiger partial charge in [-0.25, -0.2) is 9.59 Å². The van der Waals surface area contributed by atoms with Crippen LogP contribution in [0.4, 0.5) is 4.79 Å². The molecule has 2 aromatic rings. The maximum Gasteiger partial charge on any atom is 0.335 e. The Hall–Kier alpha value is -3.79. The van der Waals surface area contributed by atoms with E-state index in [2.05, 4.69) is 4.74 Å². The second-order valence-corrected chi connectivity index (χ2v) is 7.95. The van der Waals surface area contributed by atoms with Gasteiger partial charge < -0.3 is 19.3 Å². The smallest absolute Gasteiger partial charge is 0.335 e. The number of ether oxygens (including phenoxy) is 3. The highest BCUT2D eigenvalue weighted by Crippen LogP contribution is 2.35. The molecular weight excluding hydrogens is 450 g/mol. The summed E-state index contributed by atoms with van der Waals surface area (Å²) in [4.78, 5) is 48.8. The number of rotatable bonds is 8. The van der Waals surface area contributed by atoms with Gasteiger partial charge in [0, 0.05) is 0 Å². The van der Waals surface area contributed by atoms with Gasteiger partial charge in [-0.1, -0.05) is 18.2 Å². The lowest BCUT2D eigenvalue weighted by molar-refractivity contribution is -0.148. The molecule has 10 heteroatoms.